The van der Waals surface area contributed by atoms with Gasteiger partial charge in [-0.3, -0.25) is 14.4 Å². The first kappa shape index (κ1) is 16.7. The van der Waals surface area contributed by atoms with Gasteiger partial charge >= 0.3 is 11.8 Å². The first-order valence-corrected chi connectivity index (χ1v) is 9.32. The van der Waals surface area contributed by atoms with Crippen LogP contribution in [-0.2, 0) is 14.4 Å². The fourth-order valence-electron chi connectivity index (χ4n) is 3.01. The highest BCUT2D eigenvalue weighted by Crippen LogP contribution is 2.40. The van der Waals surface area contributed by atoms with Crippen molar-refractivity contribution in [1.29, 1.82) is 0 Å². The molecule has 1 aliphatic heterocycles. The number of carbonyl (C=O) groups is 3. The molecular formula is C19H17N3O3S. The van der Waals surface area contributed by atoms with Crippen LogP contribution in [0.2, 0.25) is 0 Å². The van der Waals surface area contributed by atoms with Crippen molar-refractivity contribution < 1.29 is 14.4 Å². The Labute approximate surface area is 154 Å². The second-order valence-corrected chi connectivity index (χ2v) is 7.35. The zero-order valence-corrected chi connectivity index (χ0v) is 14.6. The number of carbonyl (C=O) groups excluding carboxylic acids is 3. The van der Waals surface area contributed by atoms with E-state index in [0.717, 1.165) is 11.3 Å². The van der Waals surface area contributed by atoms with Gasteiger partial charge in [-0.15, -0.1) is 11.8 Å². The molecule has 2 atom stereocenters. The van der Waals surface area contributed by atoms with E-state index < -0.39 is 11.8 Å². The van der Waals surface area contributed by atoms with Gasteiger partial charge in [0.2, 0.25) is 5.91 Å². The van der Waals surface area contributed by atoms with E-state index in [-0.39, 0.29) is 17.9 Å². The Bertz CT molecular complexity index is 885. The van der Waals surface area contributed by atoms with Crippen molar-refractivity contribution in [2.24, 2.45) is 0 Å². The molecule has 3 amide bonds. The van der Waals surface area contributed by atoms with Gasteiger partial charge in [0, 0.05) is 22.5 Å². The largest absolute Gasteiger partial charge is 0.344 e. The Balaban J connectivity index is 1.34. The average molecular weight is 367 g/mol. The molecule has 1 aliphatic carbocycles. The molecule has 7 heteroatoms. The van der Waals surface area contributed by atoms with Crippen LogP contribution in [0.25, 0.3) is 0 Å². The first-order chi connectivity index (χ1) is 12.6. The lowest BCUT2D eigenvalue weighted by atomic mass is 10.1. The summed E-state index contributed by atoms with van der Waals surface area (Å²) in [6.45, 7) is 0. The minimum atomic E-state index is -0.710. The summed E-state index contributed by atoms with van der Waals surface area (Å²) < 4.78 is 0. The minimum Gasteiger partial charge on any atom is -0.344 e. The van der Waals surface area contributed by atoms with E-state index in [2.05, 4.69) is 16.0 Å². The van der Waals surface area contributed by atoms with E-state index in [4.69, 9.17) is 0 Å². The Kier molecular flexibility index (Phi) is 4.38. The second kappa shape index (κ2) is 6.84. The maximum Gasteiger partial charge on any atom is 0.313 e. The number of hydrogen-bond acceptors (Lipinski definition) is 4. The standard InChI is InChI=1S/C19H17N3O3S/c23-17-10-26-16-7-6-12(8-15(16)21-17)20-18(24)19(25)22-14-9-13(14)11-4-2-1-3-5-11/h1-8,13-14H,9-10H2,(H,20,24)(H,21,23)(H,22,25)/t13-,14-/m0/s1. The van der Waals surface area contributed by atoms with Crippen molar-refractivity contribution in [3.05, 3.63) is 54.1 Å². The third kappa shape index (κ3) is 3.57. The lowest BCUT2D eigenvalue weighted by molar-refractivity contribution is -0.136. The van der Waals surface area contributed by atoms with E-state index in [1.807, 2.05) is 36.4 Å². The topological polar surface area (TPSA) is 87.3 Å². The molecule has 1 saturated carbocycles. The van der Waals surface area contributed by atoms with Gasteiger partial charge in [-0.25, -0.2) is 0 Å². The minimum absolute atomic E-state index is 0.00475. The van der Waals surface area contributed by atoms with E-state index in [1.165, 1.54) is 17.3 Å². The molecule has 2 aliphatic rings. The highest BCUT2D eigenvalue weighted by Gasteiger charge is 2.40. The molecule has 132 valence electrons. The predicted molar refractivity (Wildman–Crippen MR) is 100 cm³/mol. The SMILES string of the molecule is O=C1CSc2ccc(NC(=O)C(=O)N[C@H]3C[C@H]3c3ccccc3)cc2N1. The lowest BCUT2D eigenvalue weighted by Crippen LogP contribution is -2.37. The number of nitrogens with one attached hydrogen (secondary N) is 3. The third-order valence-corrected chi connectivity index (χ3v) is 5.48. The molecule has 0 bridgehead atoms. The molecule has 4 rings (SSSR count). The highest BCUT2D eigenvalue weighted by atomic mass is 32.2. The van der Waals surface area contributed by atoms with Gasteiger partial charge in [-0.2, -0.15) is 0 Å². The van der Waals surface area contributed by atoms with Crippen LogP contribution in [-0.4, -0.2) is 29.5 Å². The number of hydrogen-bond donors (Lipinski definition) is 3. The van der Waals surface area contributed by atoms with Crippen LogP contribution < -0.4 is 16.0 Å². The summed E-state index contributed by atoms with van der Waals surface area (Å²) in [6, 6.07) is 15.1. The highest BCUT2D eigenvalue weighted by molar-refractivity contribution is 8.00. The Morgan fingerprint density at radius 3 is 2.69 bits per heavy atom. The van der Waals surface area contributed by atoms with Crippen LogP contribution in [0, 0.1) is 0 Å². The van der Waals surface area contributed by atoms with Crippen LogP contribution in [0.5, 0.6) is 0 Å². The Hall–Kier alpha value is -2.80. The van der Waals surface area contributed by atoms with E-state index >= 15 is 0 Å². The fraction of sp³-hybridized carbons (Fsp3) is 0.211. The Morgan fingerprint density at radius 1 is 1.08 bits per heavy atom. The zero-order valence-electron chi connectivity index (χ0n) is 13.8. The van der Waals surface area contributed by atoms with Crippen LogP contribution in [0.15, 0.2) is 53.4 Å². The first-order valence-electron chi connectivity index (χ1n) is 8.33. The van der Waals surface area contributed by atoms with Crippen LogP contribution >= 0.6 is 11.8 Å². The average Bonchev–Trinajstić information content (AvgIpc) is 3.41. The molecule has 0 spiro atoms. The molecule has 1 heterocycles. The smallest absolute Gasteiger partial charge is 0.313 e. The normalized spacial score (nSPS) is 20.5. The van der Waals surface area contributed by atoms with Gasteiger partial charge in [0.05, 0.1) is 11.4 Å². The Morgan fingerprint density at radius 2 is 1.88 bits per heavy atom. The van der Waals surface area contributed by atoms with Gasteiger partial charge in [-0.05, 0) is 30.2 Å². The maximum atomic E-state index is 12.1. The quantitative estimate of drug-likeness (QED) is 0.727. The zero-order chi connectivity index (χ0) is 18.1. The number of amides is 3. The summed E-state index contributed by atoms with van der Waals surface area (Å²) in [6.07, 6.45) is 0.838. The van der Waals surface area contributed by atoms with Gasteiger partial charge in [0.25, 0.3) is 0 Å². The molecule has 26 heavy (non-hydrogen) atoms. The van der Waals surface area contributed by atoms with Crippen molar-refractivity contribution in [1.82, 2.24) is 5.32 Å². The van der Waals surface area contributed by atoms with Crippen molar-refractivity contribution in [2.45, 2.75) is 23.3 Å². The maximum absolute atomic E-state index is 12.1. The molecule has 1 fully saturated rings. The van der Waals surface area contributed by atoms with Crippen molar-refractivity contribution in [3.63, 3.8) is 0 Å². The van der Waals surface area contributed by atoms with Crippen molar-refractivity contribution in [2.75, 3.05) is 16.4 Å². The number of fused-ring (bicyclic) bond motifs is 1. The van der Waals surface area contributed by atoms with E-state index in [1.54, 1.807) is 12.1 Å². The summed E-state index contributed by atoms with van der Waals surface area (Å²) in [5.41, 5.74) is 2.29. The second-order valence-electron chi connectivity index (χ2n) is 6.33. The predicted octanol–water partition coefficient (Wildman–Crippen LogP) is 2.34. The van der Waals surface area contributed by atoms with Crippen LogP contribution in [0.1, 0.15) is 17.9 Å². The molecule has 0 unspecified atom stereocenters. The molecule has 6 nitrogen and oxygen atoms in total. The van der Waals surface area contributed by atoms with E-state index in [9.17, 15) is 14.4 Å². The molecular weight excluding hydrogens is 350 g/mol. The molecule has 2 aromatic carbocycles. The van der Waals surface area contributed by atoms with Crippen molar-refractivity contribution in [3.8, 4) is 0 Å². The summed E-state index contributed by atoms with van der Waals surface area (Å²) >= 11 is 1.44. The number of rotatable bonds is 3. The molecule has 0 aromatic heterocycles. The van der Waals surface area contributed by atoms with Gasteiger partial charge in [-0.1, -0.05) is 30.3 Å². The third-order valence-electron chi connectivity index (χ3n) is 4.41. The number of thioether (sulfide) groups is 1. The number of benzene rings is 2. The van der Waals surface area contributed by atoms with Crippen molar-refractivity contribution >= 4 is 40.9 Å². The van der Waals surface area contributed by atoms with Gasteiger partial charge in [0.1, 0.15) is 0 Å². The number of anilines is 2. The molecule has 0 saturated heterocycles. The van der Waals surface area contributed by atoms with Crippen LogP contribution in [0.4, 0.5) is 11.4 Å². The monoisotopic (exact) mass is 367 g/mol. The molecule has 2 aromatic rings. The van der Waals surface area contributed by atoms with Gasteiger partial charge in [0.15, 0.2) is 0 Å². The lowest BCUT2D eigenvalue weighted by Gasteiger charge is -2.17. The molecule has 3 N–H and O–H groups in total. The summed E-state index contributed by atoms with van der Waals surface area (Å²) in [5.74, 6) is -0.790. The summed E-state index contributed by atoms with van der Waals surface area (Å²) in [5, 5.41) is 8.11. The fourth-order valence-corrected chi connectivity index (χ4v) is 3.79. The summed E-state index contributed by atoms with van der Waals surface area (Å²) in [4.78, 5) is 36.7. The summed E-state index contributed by atoms with van der Waals surface area (Å²) in [7, 11) is 0. The van der Waals surface area contributed by atoms with Gasteiger partial charge < -0.3 is 16.0 Å². The van der Waals surface area contributed by atoms with Crippen LogP contribution in [0.3, 0.4) is 0 Å². The molecule has 0 radical (unpaired) electrons. The van der Waals surface area contributed by atoms with E-state index in [0.29, 0.717) is 17.1 Å².